The minimum absolute atomic E-state index is 0.00374. The number of amides is 4. The van der Waals surface area contributed by atoms with E-state index in [0.29, 0.717) is 0 Å². The summed E-state index contributed by atoms with van der Waals surface area (Å²) in [6.45, 7) is 0. The topological polar surface area (TPSA) is 104 Å². The molecule has 0 spiro atoms. The van der Waals surface area contributed by atoms with E-state index in [1.54, 1.807) is 0 Å². The van der Waals surface area contributed by atoms with Gasteiger partial charge in [0.1, 0.15) is 11.4 Å². The number of nitrogens with zero attached hydrogens (tertiary/aromatic N) is 1. The molecule has 2 heterocycles. The second kappa shape index (κ2) is 8.89. The molecule has 7 nitrogen and oxygen atoms in total. The molecule has 4 amide bonds. The fourth-order valence-electron chi connectivity index (χ4n) is 6.57. The molecule has 6 atom stereocenters. The molecular weight excluding hydrogens is 622 g/mol. The lowest BCUT2D eigenvalue weighted by Crippen LogP contribution is -2.60. The molecule has 2 aromatic carbocycles. The minimum atomic E-state index is -2.68. The fourth-order valence-corrected chi connectivity index (χ4v) is 7.78. The third-order valence-electron chi connectivity index (χ3n) is 8.36. The quantitative estimate of drug-likeness (QED) is 0.126. The maximum Gasteiger partial charge on any atom is 0.258 e. The molecule has 0 aromatic heterocycles. The van der Waals surface area contributed by atoms with Gasteiger partial charge in [-0.25, -0.2) is 26.9 Å². The van der Waals surface area contributed by atoms with Crippen LogP contribution in [0.4, 0.5) is 27.6 Å². The summed E-state index contributed by atoms with van der Waals surface area (Å²) in [6.07, 6.45) is 0.914. The number of phenols is 1. The summed E-state index contributed by atoms with van der Waals surface area (Å²) in [5.74, 6) is -21.6. The zero-order chi connectivity index (χ0) is 29.9. The van der Waals surface area contributed by atoms with E-state index in [4.69, 9.17) is 34.8 Å². The fraction of sp³-hybridized carbons (Fsp3) is 0.308. The molecule has 15 heteroatoms. The largest absolute Gasteiger partial charge is 0.508 e. The predicted octanol–water partition coefficient (Wildman–Crippen LogP) is 4.59. The monoisotopic (exact) mass is 634 g/mol. The summed E-state index contributed by atoms with van der Waals surface area (Å²) in [5, 5.41) is 11.9. The molecule has 2 aliphatic carbocycles. The molecule has 1 saturated carbocycles. The molecule has 0 bridgehead atoms. The summed E-state index contributed by atoms with van der Waals surface area (Å²) >= 11 is 20.2. The highest BCUT2D eigenvalue weighted by Crippen LogP contribution is 2.66. The second-order valence-corrected chi connectivity index (χ2v) is 11.9. The first-order valence-corrected chi connectivity index (χ1v) is 13.1. The van der Waals surface area contributed by atoms with E-state index in [1.165, 1.54) is 18.2 Å². The van der Waals surface area contributed by atoms with Gasteiger partial charge in [0.15, 0.2) is 33.0 Å². The number of hydrogen-bond donors (Lipinski definition) is 2. The van der Waals surface area contributed by atoms with Crippen molar-refractivity contribution in [3.05, 3.63) is 69.5 Å². The van der Waals surface area contributed by atoms with Crippen LogP contribution in [0.1, 0.15) is 24.3 Å². The van der Waals surface area contributed by atoms with Gasteiger partial charge >= 0.3 is 0 Å². The number of imide groups is 2. The summed E-state index contributed by atoms with van der Waals surface area (Å²) in [7, 11) is 0. The molecule has 214 valence electrons. The average molecular weight is 636 g/mol. The van der Waals surface area contributed by atoms with Crippen molar-refractivity contribution in [2.24, 2.45) is 17.8 Å². The first kappa shape index (κ1) is 27.9. The number of alkyl halides is 2. The zero-order valence-corrected chi connectivity index (χ0v) is 22.4. The Kier molecular flexibility index (Phi) is 6.05. The first-order valence-electron chi connectivity index (χ1n) is 12.0. The second-order valence-electron chi connectivity index (χ2n) is 10.3. The highest BCUT2D eigenvalue weighted by Gasteiger charge is 2.77. The van der Waals surface area contributed by atoms with Crippen LogP contribution in [0.5, 0.6) is 5.75 Å². The van der Waals surface area contributed by atoms with Gasteiger partial charge in [0.2, 0.25) is 17.6 Å². The van der Waals surface area contributed by atoms with Crippen molar-refractivity contribution in [1.29, 1.82) is 0 Å². The highest BCUT2D eigenvalue weighted by molar-refractivity contribution is 6.58. The van der Waals surface area contributed by atoms with Crippen molar-refractivity contribution in [1.82, 2.24) is 5.32 Å². The van der Waals surface area contributed by atoms with Gasteiger partial charge in [0, 0.05) is 10.9 Å². The Morgan fingerprint density at radius 2 is 1.49 bits per heavy atom. The summed E-state index contributed by atoms with van der Waals surface area (Å²) in [6, 6.07) is 3.50. The number of anilines is 1. The number of aromatic hydroxyl groups is 1. The van der Waals surface area contributed by atoms with Crippen LogP contribution in [-0.2, 0) is 19.2 Å². The summed E-state index contributed by atoms with van der Waals surface area (Å²) < 4.78 is 72.0. The maximum absolute atomic E-state index is 14.9. The lowest BCUT2D eigenvalue weighted by atomic mass is 9.56. The Labute approximate surface area is 241 Å². The van der Waals surface area contributed by atoms with Crippen molar-refractivity contribution >= 4 is 64.1 Å². The SMILES string of the molecule is O=C1NC(=O)[C@H]2CC=C3[C@@H](C[C@@]4(Cl)C(=O)N(c5c(F)c(F)c(F)c(F)c5F)C(=O)[C@@]4(Cl)[C@H]3c3ccc(O)cc3Cl)[C@@H]12. The number of allylic oxidation sites excluding steroid dienone is 2. The van der Waals surface area contributed by atoms with Gasteiger partial charge in [-0.3, -0.25) is 24.5 Å². The molecule has 3 fully saturated rings. The van der Waals surface area contributed by atoms with Gasteiger partial charge in [-0.15, -0.1) is 23.2 Å². The molecule has 0 radical (unpaired) electrons. The third kappa shape index (κ3) is 3.38. The number of hydrogen-bond acceptors (Lipinski definition) is 5. The number of carbonyl (C=O) groups is 4. The van der Waals surface area contributed by atoms with E-state index in [2.05, 4.69) is 5.32 Å². The van der Waals surface area contributed by atoms with Crippen LogP contribution in [0.25, 0.3) is 0 Å². The van der Waals surface area contributed by atoms with Crippen molar-refractivity contribution in [2.45, 2.75) is 28.5 Å². The molecule has 6 rings (SSSR count). The van der Waals surface area contributed by atoms with E-state index < -0.39 is 98.2 Å². The van der Waals surface area contributed by atoms with Crippen LogP contribution in [0, 0.1) is 46.8 Å². The zero-order valence-electron chi connectivity index (χ0n) is 20.1. The van der Waals surface area contributed by atoms with Crippen molar-refractivity contribution in [3.8, 4) is 5.75 Å². The molecule has 41 heavy (non-hydrogen) atoms. The molecule has 2 saturated heterocycles. The van der Waals surface area contributed by atoms with E-state index in [0.717, 1.165) is 6.07 Å². The molecule has 2 aliphatic heterocycles. The minimum Gasteiger partial charge on any atom is -0.508 e. The van der Waals surface area contributed by atoms with Crippen LogP contribution >= 0.6 is 34.8 Å². The average Bonchev–Trinajstić information content (AvgIpc) is 3.29. The van der Waals surface area contributed by atoms with Crippen LogP contribution in [-0.4, -0.2) is 38.5 Å². The van der Waals surface area contributed by atoms with Gasteiger partial charge in [0.25, 0.3) is 11.8 Å². The normalized spacial score (nSPS) is 32.5. The van der Waals surface area contributed by atoms with E-state index in [-0.39, 0.29) is 33.2 Å². The molecular formula is C26H14Cl3F5N2O5. The summed E-state index contributed by atoms with van der Waals surface area (Å²) in [5.41, 5.74) is -1.62. The number of benzene rings is 2. The van der Waals surface area contributed by atoms with Crippen molar-refractivity contribution in [3.63, 3.8) is 0 Å². The molecule has 0 unspecified atom stereocenters. The first-order chi connectivity index (χ1) is 19.2. The molecule has 2 N–H and O–H groups in total. The lowest BCUT2D eigenvalue weighted by molar-refractivity contribution is -0.127. The van der Waals surface area contributed by atoms with Gasteiger partial charge in [-0.1, -0.05) is 29.3 Å². The van der Waals surface area contributed by atoms with Crippen LogP contribution in [0.2, 0.25) is 5.02 Å². The Hall–Kier alpha value is -3.22. The Bertz CT molecular complexity index is 1640. The summed E-state index contributed by atoms with van der Waals surface area (Å²) in [4.78, 5) is 47.6. The number of halogens is 8. The Morgan fingerprint density at radius 3 is 2.10 bits per heavy atom. The van der Waals surface area contributed by atoms with E-state index in [1.807, 2.05) is 0 Å². The third-order valence-corrected chi connectivity index (χ3v) is 10.1. The van der Waals surface area contributed by atoms with Crippen LogP contribution in [0.3, 0.4) is 0 Å². The highest BCUT2D eigenvalue weighted by atomic mass is 35.5. The molecule has 2 aromatic rings. The number of carbonyl (C=O) groups excluding carboxylic acids is 4. The van der Waals surface area contributed by atoms with Gasteiger partial charge < -0.3 is 5.11 Å². The van der Waals surface area contributed by atoms with Gasteiger partial charge in [-0.05, 0) is 36.5 Å². The predicted molar refractivity (Wildman–Crippen MR) is 133 cm³/mol. The number of phenolic OH excluding ortho intramolecular Hbond substituents is 1. The number of rotatable bonds is 2. The number of fused-ring (bicyclic) bond motifs is 4. The van der Waals surface area contributed by atoms with E-state index in [9.17, 15) is 46.2 Å². The van der Waals surface area contributed by atoms with Gasteiger partial charge in [-0.2, -0.15) is 0 Å². The smallest absolute Gasteiger partial charge is 0.258 e. The van der Waals surface area contributed by atoms with E-state index >= 15 is 0 Å². The standard InChI is InChI=1S/C26H14Cl3F5N2O5/c27-12-5-7(37)1-2-9(12)14-8-3-4-10-13(22(39)35-21(10)38)11(8)6-25(28)23(40)36(24(41)26(14,25)29)20-18(33)16(31)15(30)17(32)19(20)34/h1-3,5,10-11,13-14,37H,4,6H2,(H,35,38,39)/t10-,11+,13-,14+,25+,26-/m0/s1. The maximum atomic E-state index is 14.9. The Balaban J connectivity index is 1.63. The van der Waals surface area contributed by atoms with Gasteiger partial charge in [0.05, 0.1) is 11.8 Å². The van der Waals surface area contributed by atoms with Crippen LogP contribution in [0.15, 0.2) is 29.8 Å². The number of nitrogens with one attached hydrogen (secondary N) is 1. The Morgan fingerprint density at radius 1 is 0.878 bits per heavy atom. The lowest BCUT2D eigenvalue weighted by Gasteiger charge is -2.50. The van der Waals surface area contributed by atoms with Crippen molar-refractivity contribution in [2.75, 3.05) is 4.90 Å². The molecule has 4 aliphatic rings. The van der Waals surface area contributed by atoms with Crippen LogP contribution < -0.4 is 10.2 Å². The van der Waals surface area contributed by atoms with Crippen molar-refractivity contribution < 1.29 is 46.2 Å².